The van der Waals surface area contributed by atoms with E-state index in [0.717, 1.165) is 27.9 Å². The van der Waals surface area contributed by atoms with E-state index in [1.54, 1.807) is 0 Å². The van der Waals surface area contributed by atoms with Crippen LogP contribution in [-0.2, 0) is 69.6 Å². The number of hydrogen-bond donors (Lipinski definition) is 2. The zero-order valence-corrected chi connectivity index (χ0v) is 34.8. The number of rotatable bonds is 2. The number of benzene rings is 2. The summed E-state index contributed by atoms with van der Waals surface area (Å²) >= 11 is 6.46. The van der Waals surface area contributed by atoms with Crippen LogP contribution in [0, 0.1) is 76.1 Å². The Hall–Kier alpha value is -1.80. The Morgan fingerprint density at radius 3 is 1.61 bits per heavy atom. The van der Waals surface area contributed by atoms with Gasteiger partial charge in [0.05, 0.1) is 23.3 Å². The molecule has 2 aromatic carbocycles. The van der Waals surface area contributed by atoms with Crippen LogP contribution in [-0.4, -0.2) is 19.9 Å². The zero-order valence-electron chi connectivity index (χ0n) is 22.8. The average molecular weight is 1180 g/mol. The number of nitriles is 2. The number of nitrogen functional groups attached to an aromatic ring is 2. The van der Waals surface area contributed by atoms with E-state index < -0.39 is 0 Å². The van der Waals surface area contributed by atoms with Gasteiger partial charge in [0.25, 0.3) is 0 Å². The molecule has 4 N–H and O–H groups in total. The van der Waals surface area contributed by atoms with E-state index in [4.69, 9.17) is 22.0 Å². The second kappa shape index (κ2) is 20.2. The predicted molar refractivity (Wildman–Crippen MR) is 154 cm³/mol. The van der Waals surface area contributed by atoms with E-state index in [1.807, 2.05) is 52.0 Å². The minimum Gasteiger partial charge on any atom is -0.523 e. The van der Waals surface area contributed by atoms with Crippen molar-refractivity contribution in [3.8, 4) is 12.1 Å². The van der Waals surface area contributed by atoms with Crippen molar-refractivity contribution in [2.75, 3.05) is 11.5 Å². The summed E-state index contributed by atoms with van der Waals surface area (Å²) in [5.41, 5.74) is 20.2. The molecule has 4 rings (SSSR count). The van der Waals surface area contributed by atoms with Crippen LogP contribution in [0.4, 0.5) is 11.6 Å². The summed E-state index contributed by atoms with van der Waals surface area (Å²) in [5, 5.41) is 17.6. The molecule has 0 aliphatic carbocycles. The van der Waals surface area contributed by atoms with Crippen LogP contribution >= 0.6 is 31.9 Å². The Labute approximate surface area is 301 Å². The van der Waals surface area contributed by atoms with Crippen LogP contribution in [0.2, 0.25) is 0 Å². The van der Waals surface area contributed by atoms with E-state index in [-0.39, 0.29) is 63.2 Å². The fourth-order valence-corrected chi connectivity index (χ4v) is 3.86. The average Bonchev–Trinajstić information content (AvgIpc) is 2.89. The van der Waals surface area contributed by atoms with Gasteiger partial charge in [0.1, 0.15) is 0 Å². The van der Waals surface area contributed by atoms with Crippen LogP contribution < -0.4 is 11.5 Å². The van der Waals surface area contributed by atoms with Gasteiger partial charge in [-0.25, -0.2) is 6.20 Å². The molecule has 0 radical (unpaired) electrons. The molecule has 4 aromatic rings. The Morgan fingerprint density at radius 1 is 0.732 bits per heavy atom. The largest absolute Gasteiger partial charge is 0.523 e. The molecule has 0 saturated carbocycles. The third-order valence-corrected chi connectivity index (χ3v) is 7.11. The summed E-state index contributed by atoms with van der Waals surface area (Å²) in [4.78, 5) is 14.9. The van der Waals surface area contributed by atoms with Crippen LogP contribution in [0.15, 0.2) is 33.2 Å². The standard InChI is InChI=1S/C14H12BrN4.C10H11N.C4H2BrN3.3W/c1-8-3-10(6-16)4-9(2)11(8)5-12-13(15)14(17)19-7-18-12;1-7-4-10(6-11)5-8(2)9(7)3;5-3-1-7-2-8-4(3)6;;;/h3-4H,5H2,1-2H3,(H2,17,18,19);4-5H,1-3H3;(H2,6,7,8);;;/q-1;;-2;;;. The summed E-state index contributed by atoms with van der Waals surface area (Å²) in [6, 6.07) is 11.9. The summed E-state index contributed by atoms with van der Waals surface area (Å²) < 4.78 is 1.28. The number of aromatic nitrogens is 4. The Morgan fingerprint density at radius 2 is 1.20 bits per heavy atom. The molecular formula is C28H25Br2N8W3-3. The molecule has 0 amide bonds. The second-order valence-corrected chi connectivity index (χ2v) is 9.91. The van der Waals surface area contributed by atoms with Crippen molar-refractivity contribution in [1.29, 1.82) is 10.5 Å². The third-order valence-electron chi connectivity index (χ3n) is 5.66. The van der Waals surface area contributed by atoms with Crippen LogP contribution in [0.25, 0.3) is 0 Å². The summed E-state index contributed by atoms with van der Waals surface area (Å²) in [6.45, 7) is 10.1. The van der Waals surface area contributed by atoms with Crippen LogP contribution in [0.3, 0.4) is 0 Å². The first-order valence-electron chi connectivity index (χ1n) is 11.2. The molecule has 41 heavy (non-hydrogen) atoms. The van der Waals surface area contributed by atoms with E-state index >= 15 is 0 Å². The van der Waals surface area contributed by atoms with E-state index in [0.29, 0.717) is 32.6 Å². The van der Waals surface area contributed by atoms with Crippen molar-refractivity contribution in [3.05, 3.63) is 102 Å². The second-order valence-electron chi connectivity index (χ2n) is 8.33. The maximum absolute atomic E-state index is 8.95. The fourth-order valence-electron chi connectivity index (χ4n) is 3.37. The van der Waals surface area contributed by atoms with Gasteiger partial charge in [-0.05, 0) is 109 Å². The number of aryl methyl sites for hydroxylation is 4. The van der Waals surface area contributed by atoms with Crippen LogP contribution in [0.1, 0.15) is 50.2 Å². The molecule has 0 saturated heterocycles. The van der Waals surface area contributed by atoms with Gasteiger partial charge in [-0.1, -0.05) is 21.7 Å². The maximum Gasteiger partial charge on any atom is 0.0991 e. The number of nitrogens with two attached hydrogens (primary N) is 2. The van der Waals surface area contributed by atoms with Crippen LogP contribution in [0.5, 0.6) is 0 Å². The number of anilines is 2. The quantitative estimate of drug-likeness (QED) is 0.247. The van der Waals surface area contributed by atoms with Gasteiger partial charge >= 0.3 is 0 Å². The topological polar surface area (TPSA) is 151 Å². The molecule has 0 aliphatic rings. The number of halogens is 2. The van der Waals surface area contributed by atoms with Gasteiger partial charge in [-0.2, -0.15) is 21.3 Å². The van der Waals surface area contributed by atoms with Crippen molar-refractivity contribution in [2.24, 2.45) is 0 Å². The Bertz CT molecular complexity index is 1470. The molecule has 8 nitrogen and oxygen atoms in total. The number of nitrogens with zero attached hydrogens (tertiary/aromatic N) is 6. The van der Waals surface area contributed by atoms with Gasteiger partial charge in [0.15, 0.2) is 0 Å². The molecule has 0 bridgehead atoms. The van der Waals surface area contributed by atoms with E-state index in [2.05, 4.69) is 89.7 Å². The first-order chi connectivity index (χ1) is 18.0. The summed E-state index contributed by atoms with van der Waals surface area (Å²) in [6.07, 6.45) is 7.99. The molecule has 0 unspecified atom stereocenters. The van der Waals surface area contributed by atoms with Gasteiger partial charge in [-0.3, -0.25) is 0 Å². The SMILES string of the molecule is Cc1cc(C#N)cc(C)c1C.Cc1cc(C#N)cc(C)c1Cc1n[c-]nc(N)c1Br.Nc1n[c-]n[c-]c1Br.[W].[W].[W]. The minimum absolute atomic E-state index is 0. The van der Waals surface area contributed by atoms with Crippen molar-refractivity contribution in [3.63, 3.8) is 0 Å². The van der Waals surface area contributed by atoms with Crippen molar-refractivity contribution in [2.45, 2.75) is 41.0 Å². The van der Waals surface area contributed by atoms with Gasteiger partial charge < -0.3 is 31.4 Å². The number of hydrogen-bond acceptors (Lipinski definition) is 8. The molecule has 0 atom stereocenters. The minimum atomic E-state index is 0. The van der Waals surface area contributed by atoms with Crippen molar-refractivity contribution >= 4 is 43.5 Å². The van der Waals surface area contributed by atoms with Gasteiger partial charge in [-0.15, -0.1) is 15.9 Å². The first-order valence-corrected chi connectivity index (χ1v) is 12.8. The zero-order chi connectivity index (χ0) is 28.4. The molecule has 13 heteroatoms. The van der Waals surface area contributed by atoms with E-state index in [1.165, 1.54) is 16.7 Å². The third kappa shape index (κ3) is 12.5. The molecule has 2 heterocycles. The monoisotopic (exact) mass is 1180 g/mol. The van der Waals surface area contributed by atoms with Crippen molar-refractivity contribution < 1.29 is 63.2 Å². The molecule has 0 aliphatic heterocycles. The maximum atomic E-state index is 8.95. The Kier molecular flexibility index (Phi) is 20.3. The molecule has 212 valence electrons. The smallest absolute Gasteiger partial charge is 0.0991 e. The van der Waals surface area contributed by atoms with Gasteiger partial charge in [0, 0.05) is 75.3 Å². The normalized spacial score (nSPS) is 9.00. The summed E-state index contributed by atoms with van der Waals surface area (Å²) in [5.74, 6) is 0.744. The molecular weight excluding hydrogens is 1160 g/mol. The first kappa shape index (κ1) is 41.3. The molecule has 2 aromatic heterocycles. The molecule has 0 fully saturated rings. The van der Waals surface area contributed by atoms with E-state index in [9.17, 15) is 0 Å². The molecule has 0 spiro atoms. The Balaban J connectivity index is 0. The predicted octanol–water partition coefficient (Wildman–Crippen LogP) is 5.60. The fraction of sp³-hybridized carbons (Fsp3) is 0.214. The summed E-state index contributed by atoms with van der Waals surface area (Å²) in [7, 11) is 0. The van der Waals surface area contributed by atoms with Gasteiger partial charge in [0.2, 0.25) is 0 Å². The van der Waals surface area contributed by atoms with Crippen molar-refractivity contribution in [1.82, 2.24) is 19.9 Å².